The summed E-state index contributed by atoms with van der Waals surface area (Å²) in [5.74, 6) is 1.36. The van der Waals surface area contributed by atoms with Crippen LogP contribution in [0.15, 0.2) is 36.4 Å². The Balaban J connectivity index is 2.02. The van der Waals surface area contributed by atoms with Gasteiger partial charge in [-0.3, -0.25) is 4.79 Å². The fourth-order valence-electron chi connectivity index (χ4n) is 2.54. The smallest absolute Gasteiger partial charge is 0.251 e. The molecular weight excluding hydrogens is 314 g/mol. The number of benzene rings is 2. The van der Waals surface area contributed by atoms with Crippen LogP contribution in [0.5, 0.6) is 11.5 Å². The van der Waals surface area contributed by atoms with Crippen LogP contribution in [0, 0.1) is 13.8 Å². The van der Waals surface area contributed by atoms with Crippen molar-refractivity contribution < 1.29 is 14.3 Å². The van der Waals surface area contributed by atoms with Gasteiger partial charge in [0, 0.05) is 12.1 Å². The van der Waals surface area contributed by atoms with E-state index in [1.165, 1.54) is 0 Å². The van der Waals surface area contributed by atoms with E-state index in [1.54, 1.807) is 7.11 Å². The van der Waals surface area contributed by atoms with Gasteiger partial charge in [0.05, 0.1) is 13.7 Å². The molecule has 0 unspecified atom stereocenters. The number of amides is 1. The maximum Gasteiger partial charge on any atom is 0.251 e. The molecule has 0 atom stereocenters. The molecule has 0 aliphatic heterocycles. The van der Waals surface area contributed by atoms with Crippen LogP contribution in [0.25, 0.3) is 0 Å². The van der Waals surface area contributed by atoms with Crippen molar-refractivity contribution in [2.45, 2.75) is 40.2 Å². The Morgan fingerprint density at radius 3 is 2.64 bits per heavy atom. The first-order chi connectivity index (χ1) is 12.1. The number of aryl methyl sites for hydroxylation is 1. The summed E-state index contributed by atoms with van der Waals surface area (Å²) in [5.41, 5.74) is 3.81. The largest absolute Gasteiger partial charge is 0.493 e. The minimum absolute atomic E-state index is 0.0663. The Labute approximate surface area is 150 Å². The van der Waals surface area contributed by atoms with Gasteiger partial charge in [-0.2, -0.15) is 0 Å². The molecule has 0 bridgehead atoms. The fraction of sp³-hybridized carbons (Fsp3) is 0.381. The van der Waals surface area contributed by atoms with Crippen LogP contribution in [-0.2, 0) is 6.54 Å². The molecule has 0 aliphatic rings. The normalized spacial score (nSPS) is 10.4. The number of hydrogen-bond acceptors (Lipinski definition) is 3. The molecule has 2 aromatic carbocycles. The third-order valence-electron chi connectivity index (χ3n) is 4.29. The van der Waals surface area contributed by atoms with E-state index >= 15 is 0 Å². The van der Waals surface area contributed by atoms with E-state index in [1.807, 2.05) is 50.2 Å². The highest BCUT2D eigenvalue weighted by Gasteiger charge is 2.11. The van der Waals surface area contributed by atoms with Crippen LogP contribution in [0.1, 0.15) is 46.8 Å². The maximum absolute atomic E-state index is 12.4. The van der Waals surface area contributed by atoms with Crippen molar-refractivity contribution in [1.29, 1.82) is 0 Å². The first kappa shape index (κ1) is 18.8. The van der Waals surface area contributed by atoms with Gasteiger partial charge in [0.15, 0.2) is 11.5 Å². The number of carbonyl (C=O) groups excluding carboxylic acids is 1. The molecule has 1 N–H and O–H groups in total. The molecule has 4 heteroatoms. The minimum atomic E-state index is -0.0663. The molecule has 4 nitrogen and oxygen atoms in total. The number of ether oxygens (including phenoxy) is 2. The van der Waals surface area contributed by atoms with Crippen molar-refractivity contribution in [2.75, 3.05) is 13.7 Å². The Morgan fingerprint density at radius 1 is 1.12 bits per heavy atom. The number of unbranched alkanes of at least 4 members (excludes halogenated alkanes) is 1. The predicted molar refractivity (Wildman–Crippen MR) is 100 cm³/mol. The summed E-state index contributed by atoms with van der Waals surface area (Å²) < 4.78 is 11.1. The van der Waals surface area contributed by atoms with E-state index in [0.29, 0.717) is 24.5 Å². The van der Waals surface area contributed by atoms with Crippen molar-refractivity contribution in [3.8, 4) is 11.5 Å². The second-order valence-electron chi connectivity index (χ2n) is 6.12. The zero-order valence-electron chi connectivity index (χ0n) is 15.5. The molecule has 134 valence electrons. The molecule has 0 aliphatic carbocycles. The summed E-state index contributed by atoms with van der Waals surface area (Å²) in [6.45, 7) is 7.22. The van der Waals surface area contributed by atoms with Gasteiger partial charge in [0.25, 0.3) is 5.91 Å². The summed E-state index contributed by atoms with van der Waals surface area (Å²) >= 11 is 0. The van der Waals surface area contributed by atoms with Gasteiger partial charge >= 0.3 is 0 Å². The Morgan fingerprint density at radius 2 is 1.92 bits per heavy atom. The Kier molecular flexibility index (Phi) is 6.87. The molecule has 0 saturated carbocycles. The summed E-state index contributed by atoms with van der Waals surface area (Å²) in [6, 6.07) is 11.5. The van der Waals surface area contributed by atoms with Crippen molar-refractivity contribution in [2.24, 2.45) is 0 Å². The van der Waals surface area contributed by atoms with E-state index in [-0.39, 0.29) is 5.91 Å². The molecule has 0 saturated heterocycles. The van der Waals surface area contributed by atoms with E-state index in [9.17, 15) is 4.79 Å². The van der Waals surface area contributed by atoms with Crippen LogP contribution in [0.3, 0.4) is 0 Å². The maximum atomic E-state index is 12.4. The zero-order chi connectivity index (χ0) is 18.2. The second kappa shape index (κ2) is 9.11. The lowest BCUT2D eigenvalue weighted by molar-refractivity contribution is 0.0950. The molecule has 1 amide bonds. The lowest BCUT2D eigenvalue weighted by Crippen LogP contribution is -2.23. The number of nitrogens with one attached hydrogen (secondary N) is 1. The first-order valence-electron chi connectivity index (χ1n) is 8.71. The second-order valence-corrected chi connectivity index (χ2v) is 6.12. The quantitative estimate of drug-likeness (QED) is 0.723. The van der Waals surface area contributed by atoms with Gasteiger partial charge in [-0.05, 0) is 55.2 Å². The first-order valence-corrected chi connectivity index (χ1v) is 8.71. The standard InChI is InChI=1S/C21H27NO3/c1-5-6-12-25-19-11-10-17(13-20(19)24-4)14-22-21(23)18-9-7-8-15(2)16(18)3/h7-11,13H,5-6,12,14H2,1-4H3,(H,22,23). The molecule has 2 rings (SSSR count). The summed E-state index contributed by atoms with van der Waals surface area (Å²) in [7, 11) is 1.63. The monoisotopic (exact) mass is 341 g/mol. The van der Waals surface area contributed by atoms with Gasteiger partial charge in [-0.15, -0.1) is 0 Å². The van der Waals surface area contributed by atoms with Gasteiger partial charge in [-0.1, -0.05) is 31.5 Å². The SMILES string of the molecule is CCCCOc1ccc(CNC(=O)c2cccc(C)c2C)cc1OC. The van der Waals surface area contributed by atoms with E-state index in [0.717, 1.165) is 35.3 Å². The highest BCUT2D eigenvalue weighted by molar-refractivity contribution is 5.95. The van der Waals surface area contributed by atoms with Crippen molar-refractivity contribution in [3.05, 3.63) is 58.7 Å². The number of rotatable bonds is 8. The predicted octanol–water partition coefficient (Wildman–Crippen LogP) is 4.42. The van der Waals surface area contributed by atoms with Crippen LogP contribution in [0.4, 0.5) is 0 Å². The number of carbonyl (C=O) groups is 1. The van der Waals surface area contributed by atoms with Crippen LogP contribution in [0.2, 0.25) is 0 Å². The number of hydrogen-bond donors (Lipinski definition) is 1. The van der Waals surface area contributed by atoms with Crippen LogP contribution >= 0.6 is 0 Å². The highest BCUT2D eigenvalue weighted by atomic mass is 16.5. The van der Waals surface area contributed by atoms with Gasteiger partial charge < -0.3 is 14.8 Å². The molecule has 0 spiro atoms. The fourth-order valence-corrected chi connectivity index (χ4v) is 2.54. The Bertz CT molecular complexity index is 725. The van der Waals surface area contributed by atoms with E-state index in [4.69, 9.17) is 9.47 Å². The molecule has 25 heavy (non-hydrogen) atoms. The molecule has 0 aromatic heterocycles. The zero-order valence-corrected chi connectivity index (χ0v) is 15.5. The molecule has 0 radical (unpaired) electrons. The van der Waals surface area contributed by atoms with Gasteiger partial charge in [-0.25, -0.2) is 0 Å². The molecule has 0 fully saturated rings. The lowest BCUT2D eigenvalue weighted by atomic mass is 10.0. The van der Waals surface area contributed by atoms with Crippen molar-refractivity contribution >= 4 is 5.91 Å². The van der Waals surface area contributed by atoms with Crippen molar-refractivity contribution in [3.63, 3.8) is 0 Å². The summed E-state index contributed by atoms with van der Waals surface area (Å²) in [5, 5.41) is 2.97. The average Bonchev–Trinajstić information content (AvgIpc) is 2.62. The lowest BCUT2D eigenvalue weighted by Gasteiger charge is -2.13. The molecular formula is C21H27NO3. The number of methoxy groups -OCH3 is 1. The molecule has 0 heterocycles. The van der Waals surface area contributed by atoms with Crippen LogP contribution < -0.4 is 14.8 Å². The molecule has 2 aromatic rings. The third kappa shape index (κ3) is 4.99. The van der Waals surface area contributed by atoms with E-state index < -0.39 is 0 Å². The van der Waals surface area contributed by atoms with Crippen LogP contribution in [-0.4, -0.2) is 19.6 Å². The van der Waals surface area contributed by atoms with E-state index in [2.05, 4.69) is 12.2 Å². The summed E-state index contributed by atoms with van der Waals surface area (Å²) in [6.07, 6.45) is 2.10. The average molecular weight is 341 g/mol. The third-order valence-corrected chi connectivity index (χ3v) is 4.29. The Hall–Kier alpha value is -2.49. The van der Waals surface area contributed by atoms with Crippen molar-refractivity contribution in [1.82, 2.24) is 5.32 Å². The minimum Gasteiger partial charge on any atom is -0.493 e. The highest BCUT2D eigenvalue weighted by Crippen LogP contribution is 2.28. The van der Waals surface area contributed by atoms with Gasteiger partial charge in [0.2, 0.25) is 0 Å². The van der Waals surface area contributed by atoms with Gasteiger partial charge in [0.1, 0.15) is 0 Å². The summed E-state index contributed by atoms with van der Waals surface area (Å²) in [4.78, 5) is 12.4. The topological polar surface area (TPSA) is 47.6 Å².